The van der Waals surface area contributed by atoms with Crippen molar-refractivity contribution in [3.63, 3.8) is 0 Å². The maximum atomic E-state index is 13.3. The van der Waals surface area contributed by atoms with Crippen molar-refractivity contribution in [2.24, 2.45) is 16.7 Å². The van der Waals surface area contributed by atoms with E-state index in [1.54, 1.807) is 15.6 Å². The monoisotopic (exact) mass is 413 g/mol. The van der Waals surface area contributed by atoms with Crippen molar-refractivity contribution in [3.05, 3.63) is 22.4 Å². The van der Waals surface area contributed by atoms with E-state index in [4.69, 9.17) is 0 Å². The molecule has 144 valence electrons. The molecule has 0 radical (unpaired) electrons. The number of carbonyl (C=O) groups is 1. The lowest BCUT2D eigenvalue weighted by atomic mass is 9.70. The highest BCUT2D eigenvalue weighted by molar-refractivity contribution is 7.99. The third-order valence-corrected chi connectivity index (χ3v) is 11.6. The molecule has 2 bridgehead atoms. The maximum Gasteiger partial charge on any atom is 0.215 e. The number of sulfonamides is 1. The Balaban J connectivity index is 1.51. The molecule has 3 fully saturated rings. The van der Waals surface area contributed by atoms with Gasteiger partial charge in [0.25, 0.3) is 0 Å². The van der Waals surface area contributed by atoms with Gasteiger partial charge < -0.3 is 0 Å². The highest BCUT2D eigenvalue weighted by atomic mass is 32.2. The molecule has 7 heteroatoms. The summed E-state index contributed by atoms with van der Waals surface area (Å²) in [6, 6.07) is 4.20. The number of fused-ring (bicyclic) bond motifs is 2. The second-order valence-corrected chi connectivity index (χ2v) is 12.7. The lowest BCUT2D eigenvalue weighted by molar-refractivity contribution is -0.128. The van der Waals surface area contributed by atoms with E-state index in [1.807, 2.05) is 11.8 Å². The molecular weight excluding hydrogens is 386 g/mol. The molecule has 4 nitrogen and oxygen atoms in total. The van der Waals surface area contributed by atoms with Crippen LogP contribution in [0.5, 0.6) is 0 Å². The lowest BCUT2D eigenvalue weighted by Gasteiger charge is -2.37. The molecule has 26 heavy (non-hydrogen) atoms. The standard InChI is InChI=1S/C19H27NO3S3/c1-18(2)14-5-7-19(18,17(21)12-14)13-26(22,23)20-8-6-16(25-11-9-20)15-4-3-10-24-15/h3-4,10,14,16H,5-9,11-13H2,1-2H3. The smallest absolute Gasteiger partial charge is 0.215 e. The fraction of sp³-hybridized carbons (Fsp3) is 0.737. The SMILES string of the molecule is CC1(C)C2CCC1(CS(=O)(=O)N1CCSC(c3cccs3)CC1)C(=O)C2. The van der Waals surface area contributed by atoms with Crippen LogP contribution in [0.25, 0.3) is 0 Å². The summed E-state index contributed by atoms with van der Waals surface area (Å²) < 4.78 is 28.2. The fourth-order valence-corrected chi connectivity index (χ4v) is 9.83. The van der Waals surface area contributed by atoms with E-state index in [0.29, 0.717) is 30.7 Å². The van der Waals surface area contributed by atoms with Gasteiger partial charge in [0.2, 0.25) is 10.0 Å². The number of thiophene rings is 1. The van der Waals surface area contributed by atoms with Crippen molar-refractivity contribution < 1.29 is 13.2 Å². The van der Waals surface area contributed by atoms with Crippen LogP contribution in [0.15, 0.2) is 17.5 Å². The van der Waals surface area contributed by atoms with Crippen LogP contribution in [0.3, 0.4) is 0 Å². The van der Waals surface area contributed by atoms with Gasteiger partial charge in [0.1, 0.15) is 5.78 Å². The van der Waals surface area contributed by atoms with Crippen LogP contribution in [0, 0.1) is 16.7 Å². The summed E-state index contributed by atoms with van der Waals surface area (Å²) in [7, 11) is -3.43. The third kappa shape index (κ3) is 2.90. The number of carbonyl (C=O) groups excluding carboxylic acids is 1. The number of nitrogens with zero attached hydrogens (tertiary/aromatic N) is 1. The summed E-state index contributed by atoms with van der Waals surface area (Å²) in [4.78, 5) is 14.1. The van der Waals surface area contributed by atoms with Gasteiger partial charge in [0.05, 0.1) is 5.75 Å². The van der Waals surface area contributed by atoms with E-state index >= 15 is 0 Å². The predicted octanol–water partition coefficient (Wildman–Crippen LogP) is 3.95. The molecule has 0 aromatic carbocycles. The van der Waals surface area contributed by atoms with E-state index < -0.39 is 15.4 Å². The second kappa shape index (κ2) is 6.61. The molecule has 1 saturated heterocycles. The first-order chi connectivity index (χ1) is 12.3. The quantitative estimate of drug-likeness (QED) is 0.750. The zero-order chi connectivity index (χ0) is 18.6. The largest absolute Gasteiger partial charge is 0.299 e. The molecule has 0 amide bonds. The van der Waals surface area contributed by atoms with Crippen molar-refractivity contribution in [2.45, 2.75) is 44.8 Å². The van der Waals surface area contributed by atoms with Crippen LogP contribution in [-0.4, -0.2) is 43.1 Å². The Bertz CT molecular complexity index is 787. The Morgan fingerprint density at radius 2 is 2.08 bits per heavy atom. The van der Waals surface area contributed by atoms with Crippen molar-refractivity contribution in [1.29, 1.82) is 0 Å². The van der Waals surface area contributed by atoms with E-state index in [0.717, 1.165) is 25.0 Å². The first-order valence-corrected chi connectivity index (χ1v) is 13.0. The van der Waals surface area contributed by atoms with Gasteiger partial charge in [-0.3, -0.25) is 4.79 Å². The zero-order valence-corrected chi connectivity index (χ0v) is 17.9. The molecule has 1 aromatic rings. The van der Waals surface area contributed by atoms with Gasteiger partial charge in [-0.25, -0.2) is 12.7 Å². The van der Waals surface area contributed by atoms with Gasteiger partial charge in [-0.05, 0) is 42.0 Å². The number of hydrogen-bond donors (Lipinski definition) is 0. The minimum atomic E-state index is -3.43. The predicted molar refractivity (Wildman–Crippen MR) is 108 cm³/mol. The first-order valence-electron chi connectivity index (χ1n) is 9.42. The molecule has 4 rings (SSSR count). The number of rotatable bonds is 4. The van der Waals surface area contributed by atoms with Crippen LogP contribution >= 0.6 is 23.1 Å². The minimum absolute atomic E-state index is 0.0106. The maximum absolute atomic E-state index is 13.3. The fourth-order valence-electron chi connectivity index (χ4n) is 5.24. The summed E-state index contributed by atoms with van der Waals surface area (Å²) in [6.07, 6.45) is 3.14. The van der Waals surface area contributed by atoms with Crippen molar-refractivity contribution >= 4 is 38.9 Å². The van der Waals surface area contributed by atoms with Crippen LogP contribution < -0.4 is 0 Å². The Labute approximate surface area is 164 Å². The molecule has 2 heterocycles. The average molecular weight is 414 g/mol. The Morgan fingerprint density at radius 3 is 2.69 bits per heavy atom. The van der Waals surface area contributed by atoms with E-state index in [2.05, 4.69) is 31.4 Å². The van der Waals surface area contributed by atoms with Crippen molar-refractivity contribution in [3.8, 4) is 0 Å². The summed E-state index contributed by atoms with van der Waals surface area (Å²) in [5, 5.41) is 2.47. The van der Waals surface area contributed by atoms with Crippen LogP contribution in [-0.2, 0) is 14.8 Å². The normalized spacial score (nSPS) is 34.9. The van der Waals surface area contributed by atoms with Crippen LogP contribution in [0.2, 0.25) is 0 Å². The van der Waals surface area contributed by atoms with Crippen molar-refractivity contribution in [1.82, 2.24) is 4.31 Å². The van der Waals surface area contributed by atoms with Gasteiger partial charge >= 0.3 is 0 Å². The molecule has 0 N–H and O–H groups in total. The van der Waals surface area contributed by atoms with Crippen LogP contribution in [0.4, 0.5) is 0 Å². The molecule has 3 atom stereocenters. The molecule has 3 unspecified atom stereocenters. The Kier molecular flexibility index (Phi) is 4.82. The third-order valence-electron chi connectivity index (χ3n) is 7.12. The highest BCUT2D eigenvalue weighted by Crippen LogP contribution is 2.64. The molecular formula is C19H27NO3S3. The van der Waals surface area contributed by atoms with Gasteiger partial charge in [-0.15, -0.1) is 11.3 Å². The molecule has 1 aliphatic heterocycles. The number of ketones is 1. The van der Waals surface area contributed by atoms with Crippen molar-refractivity contribution in [2.75, 3.05) is 24.6 Å². The topological polar surface area (TPSA) is 54.5 Å². The zero-order valence-electron chi connectivity index (χ0n) is 15.4. The lowest BCUT2D eigenvalue weighted by Crippen LogP contribution is -2.47. The average Bonchev–Trinajstić information content (AvgIpc) is 3.14. The molecule has 2 saturated carbocycles. The number of thioether (sulfide) groups is 1. The molecule has 3 aliphatic rings. The van der Waals surface area contributed by atoms with Gasteiger partial charge in [-0.1, -0.05) is 19.9 Å². The van der Waals surface area contributed by atoms with E-state index in [9.17, 15) is 13.2 Å². The van der Waals surface area contributed by atoms with Gasteiger partial charge in [0, 0.05) is 40.8 Å². The Morgan fingerprint density at radius 1 is 1.27 bits per heavy atom. The van der Waals surface area contributed by atoms with E-state index in [1.165, 1.54) is 4.88 Å². The van der Waals surface area contributed by atoms with E-state index in [-0.39, 0.29) is 17.0 Å². The number of Topliss-reactive ketones (excluding diaryl/α,β-unsaturated/α-hetero) is 1. The molecule has 1 aromatic heterocycles. The summed E-state index contributed by atoms with van der Waals surface area (Å²) >= 11 is 3.60. The second-order valence-electron chi connectivity index (χ2n) is 8.49. The van der Waals surface area contributed by atoms with Gasteiger partial charge in [-0.2, -0.15) is 11.8 Å². The summed E-state index contributed by atoms with van der Waals surface area (Å²) in [5.74, 6) is 1.36. The van der Waals surface area contributed by atoms with Gasteiger partial charge in [0.15, 0.2) is 0 Å². The molecule has 2 aliphatic carbocycles. The minimum Gasteiger partial charge on any atom is -0.299 e. The summed E-state index contributed by atoms with van der Waals surface area (Å²) in [5.41, 5.74) is -0.861. The highest BCUT2D eigenvalue weighted by Gasteiger charge is 2.65. The first kappa shape index (κ1) is 19.0. The number of hydrogen-bond acceptors (Lipinski definition) is 5. The Hall–Kier alpha value is -0.370. The molecule has 0 spiro atoms. The summed E-state index contributed by atoms with van der Waals surface area (Å²) in [6.45, 7) is 5.33. The van der Waals surface area contributed by atoms with Crippen LogP contribution in [0.1, 0.15) is 49.7 Å².